The largest absolute Gasteiger partial charge is 0.496 e. The van der Waals surface area contributed by atoms with Crippen molar-refractivity contribution in [1.29, 1.82) is 0 Å². The third-order valence-corrected chi connectivity index (χ3v) is 8.01. The molecule has 4 rings (SSSR count). The van der Waals surface area contributed by atoms with Gasteiger partial charge in [-0.1, -0.05) is 41.9 Å². The Kier molecular flexibility index (Phi) is 7.82. The third kappa shape index (κ3) is 5.88. The molecule has 0 bridgehead atoms. The first kappa shape index (κ1) is 24.9. The van der Waals surface area contributed by atoms with Crippen LogP contribution in [-0.4, -0.2) is 60.9 Å². The van der Waals surface area contributed by atoms with Gasteiger partial charge in [0.05, 0.1) is 18.6 Å². The smallest absolute Gasteiger partial charge is 0.246 e. The first-order chi connectivity index (χ1) is 16.9. The maximum absolute atomic E-state index is 13.1. The number of amides is 1. The van der Waals surface area contributed by atoms with E-state index in [0.717, 1.165) is 24.8 Å². The molecular formula is C25H30N4O5S. The van der Waals surface area contributed by atoms with Gasteiger partial charge in [-0.2, -0.15) is 9.29 Å². The molecule has 186 valence electrons. The van der Waals surface area contributed by atoms with E-state index in [4.69, 9.17) is 9.26 Å². The summed E-state index contributed by atoms with van der Waals surface area (Å²) in [6, 6.07) is 14.3. The Balaban J connectivity index is 1.40. The summed E-state index contributed by atoms with van der Waals surface area (Å²) in [4.78, 5) is 18.9. The zero-order chi connectivity index (χ0) is 24.8. The van der Waals surface area contributed by atoms with Crippen LogP contribution in [0.2, 0.25) is 0 Å². The molecular weight excluding hydrogens is 468 g/mol. The Morgan fingerprint density at radius 2 is 1.86 bits per heavy atom. The number of piperidine rings is 1. The number of methoxy groups -OCH3 is 1. The van der Waals surface area contributed by atoms with Crippen molar-refractivity contribution in [3.63, 3.8) is 0 Å². The highest BCUT2D eigenvalue weighted by Gasteiger charge is 2.27. The fourth-order valence-electron chi connectivity index (χ4n) is 4.11. The minimum atomic E-state index is -3.57. The summed E-state index contributed by atoms with van der Waals surface area (Å²) in [6.45, 7) is 1.25. The van der Waals surface area contributed by atoms with Crippen LogP contribution in [0.3, 0.4) is 0 Å². The van der Waals surface area contributed by atoms with Crippen LogP contribution in [0.4, 0.5) is 0 Å². The molecule has 1 aromatic heterocycles. The monoisotopic (exact) mass is 498 g/mol. The van der Waals surface area contributed by atoms with Crippen molar-refractivity contribution in [2.24, 2.45) is 0 Å². The predicted octanol–water partition coefficient (Wildman–Crippen LogP) is 3.51. The van der Waals surface area contributed by atoms with Crippen LogP contribution in [0.25, 0.3) is 11.4 Å². The highest BCUT2D eigenvalue weighted by atomic mass is 32.2. The van der Waals surface area contributed by atoms with E-state index in [1.165, 1.54) is 16.3 Å². The molecule has 1 aliphatic rings. The lowest BCUT2D eigenvalue weighted by molar-refractivity contribution is -0.130. The normalized spacial score (nSPS) is 14.6. The molecule has 2 aromatic carbocycles. The van der Waals surface area contributed by atoms with E-state index in [1.54, 1.807) is 25.2 Å². The molecule has 3 aromatic rings. The van der Waals surface area contributed by atoms with Crippen molar-refractivity contribution in [3.05, 3.63) is 60.0 Å². The second-order valence-corrected chi connectivity index (χ2v) is 10.5. The summed E-state index contributed by atoms with van der Waals surface area (Å²) in [5.41, 5.74) is 1.51. The number of aryl methyl sites for hydroxylation is 1. The maximum atomic E-state index is 13.1. The van der Waals surface area contributed by atoms with Crippen LogP contribution in [0, 0.1) is 0 Å². The fourth-order valence-corrected chi connectivity index (χ4v) is 5.68. The molecule has 1 amide bonds. The van der Waals surface area contributed by atoms with Crippen molar-refractivity contribution in [1.82, 2.24) is 19.3 Å². The molecule has 0 N–H and O–H groups in total. The van der Waals surface area contributed by atoms with Gasteiger partial charge in [0.25, 0.3) is 0 Å². The molecule has 0 radical (unpaired) electrons. The van der Waals surface area contributed by atoms with Gasteiger partial charge in [0.1, 0.15) is 5.75 Å². The van der Waals surface area contributed by atoms with Gasteiger partial charge in [0, 0.05) is 32.1 Å². The van der Waals surface area contributed by atoms with Gasteiger partial charge >= 0.3 is 0 Å². The summed E-state index contributed by atoms with van der Waals surface area (Å²) in [5.74, 6) is 1.24. The van der Waals surface area contributed by atoms with E-state index in [1.807, 2.05) is 30.3 Å². The van der Waals surface area contributed by atoms with E-state index >= 15 is 0 Å². The summed E-state index contributed by atoms with van der Waals surface area (Å²) >= 11 is 0. The Labute approximate surface area is 205 Å². The fraction of sp³-hybridized carbons (Fsp3) is 0.400. The highest BCUT2D eigenvalue weighted by molar-refractivity contribution is 7.89. The standard InChI is InChI=1S/C25H30N4O5S/c1-28(18-23-26-25(27-34-23)19-9-5-3-6-10-19)24(30)14-11-20-17-21(12-13-22(20)33-2)35(31,32)29-15-7-4-8-16-29/h3,5-6,9-10,12-13,17H,4,7-8,11,14-16,18H2,1-2H3. The highest BCUT2D eigenvalue weighted by Crippen LogP contribution is 2.27. The number of aromatic nitrogens is 2. The lowest BCUT2D eigenvalue weighted by Gasteiger charge is -2.26. The number of ether oxygens (including phenoxy) is 1. The van der Waals surface area contributed by atoms with Gasteiger partial charge in [-0.05, 0) is 43.0 Å². The quantitative estimate of drug-likeness (QED) is 0.444. The summed E-state index contributed by atoms with van der Waals surface area (Å²) in [7, 11) is -0.368. The Bertz CT molecular complexity index is 1250. The molecule has 0 atom stereocenters. The molecule has 1 saturated heterocycles. The van der Waals surface area contributed by atoms with Crippen molar-refractivity contribution in [2.45, 2.75) is 43.5 Å². The van der Waals surface area contributed by atoms with Crippen molar-refractivity contribution in [2.75, 3.05) is 27.2 Å². The first-order valence-corrected chi connectivity index (χ1v) is 13.1. The number of rotatable bonds is 9. The second kappa shape index (κ2) is 11.0. The summed E-state index contributed by atoms with van der Waals surface area (Å²) in [5, 5.41) is 3.98. The topological polar surface area (TPSA) is 106 Å². The minimum absolute atomic E-state index is 0.129. The maximum Gasteiger partial charge on any atom is 0.246 e. The Hall–Kier alpha value is -3.24. The second-order valence-electron chi connectivity index (χ2n) is 8.57. The first-order valence-electron chi connectivity index (χ1n) is 11.7. The molecule has 0 spiro atoms. The van der Waals surface area contributed by atoms with Crippen LogP contribution >= 0.6 is 0 Å². The molecule has 0 aliphatic carbocycles. The van der Waals surface area contributed by atoms with E-state index in [9.17, 15) is 13.2 Å². The van der Waals surface area contributed by atoms with Gasteiger partial charge in [0.15, 0.2) is 0 Å². The van der Waals surface area contributed by atoms with Gasteiger partial charge in [-0.15, -0.1) is 0 Å². The van der Waals surface area contributed by atoms with Gasteiger partial charge in [-0.25, -0.2) is 8.42 Å². The van der Waals surface area contributed by atoms with E-state index < -0.39 is 10.0 Å². The van der Waals surface area contributed by atoms with Gasteiger partial charge in [0.2, 0.25) is 27.6 Å². The van der Waals surface area contributed by atoms with Crippen molar-refractivity contribution in [3.8, 4) is 17.1 Å². The zero-order valence-electron chi connectivity index (χ0n) is 20.0. The summed E-state index contributed by atoms with van der Waals surface area (Å²) in [6.07, 6.45) is 3.31. The van der Waals surface area contributed by atoms with E-state index in [2.05, 4.69) is 10.1 Å². The molecule has 9 nitrogen and oxygen atoms in total. The molecule has 1 aliphatic heterocycles. The Morgan fingerprint density at radius 1 is 1.11 bits per heavy atom. The predicted molar refractivity (Wildman–Crippen MR) is 130 cm³/mol. The van der Waals surface area contributed by atoms with E-state index in [-0.39, 0.29) is 23.8 Å². The molecule has 0 unspecified atom stereocenters. The van der Waals surface area contributed by atoms with Crippen LogP contribution in [0.1, 0.15) is 37.1 Å². The number of benzene rings is 2. The molecule has 35 heavy (non-hydrogen) atoms. The van der Waals surface area contributed by atoms with Crippen molar-refractivity contribution < 1.29 is 22.5 Å². The Morgan fingerprint density at radius 3 is 2.57 bits per heavy atom. The van der Waals surface area contributed by atoms with Crippen LogP contribution in [-0.2, 0) is 27.8 Å². The SMILES string of the molecule is COc1ccc(S(=O)(=O)N2CCCCC2)cc1CCC(=O)N(C)Cc1nc(-c2ccccc2)no1. The summed E-state index contributed by atoms with van der Waals surface area (Å²) < 4.78 is 38.4. The molecule has 1 fully saturated rings. The number of carbonyl (C=O) groups is 1. The number of hydrogen-bond acceptors (Lipinski definition) is 7. The average Bonchev–Trinajstić information content (AvgIpc) is 3.36. The van der Waals surface area contributed by atoms with E-state index in [0.29, 0.717) is 42.5 Å². The van der Waals surface area contributed by atoms with Crippen LogP contribution < -0.4 is 4.74 Å². The molecule has 10 heteroatoms. The van der Waals surface area contributed by atoms with Crippen LogP contribution in [0.5, 0.6) is 5.75 Å². The molecule has 2 heterocycles. The van der Waals surface area contributed by atoms with Gasteiger partial charge < -0.3 is 14.2 Å². The average molecular weight is 499 g/mol. The number of hydrogen-bond donors (Lipinski definition) is 0. The number of carbonyl (C=O) groups excluding carboxylic acids is 1. The lowest BCUT2D eigenvalue weighted by Crippen LogP contribution is -2.35. The third-order valence-electron chi connectivity index (χ3n) is 6.11. The number of sulfonamides is 1. The van der Waals surface area contributed by atoms with Gasteiger partial charge in [-0.3, -0.25) is 4.79 Å². The number of nitrogens with zero attached hydrogens (tertiary/aromatic N) is 4. The van der Waals surface area contributed by atoms with Crippen molar-refractivity contribution >= 4 is 15.9 Å². The lowest BCUT2D eigenvalue weighted by atomic mass is 10.1. The van der Waals surface area contributed by atoms with Crippen LogP contribution in [0.15, 0.2) is 57.9 Å². The minimum Gasteiger partial charge on any atom is -0.496 e. The zero-order valence-corrected chi connectivity index (χ0v) is 20.8. The molecule has 0 saturated carbocycles.